The van der Waals surface area contributed by atoms with E-state index in [0.717, 1.165) is 0 Å². The van der Waals surface area contributed by atoms with Crippen LogP contribution in [0.3, 0.4) is 0 Å². The molecule has 0 saturated carbocycles. The van der Waals surface area contributed by atoms with Crippen molar-refractivity contribution in [2.24, 2.45) is 0 Å². The predicted octanol–water partition coefficient (Wildman–Crippen LogP) is 2.93. The van der Waals surface area contributed by atoms with Crippen LogP contribution in [0.15, 0.2) is 18.2 Å². The van der Waals surface area contributed by atoms with Gasteiger partial charge in [-0.05, 0) is 45.9 Å². The van der Waals surface area contributed by atoms with Crippen LogP contribution >= 0.6 is 7.60 Å². The van der Waals surface area contributed by atoms with Gasteiger partial charge in [-0.15, -0.1) is 0 Å². The monoisotopic (exact) mass is 358 g/mol. The van der Waals surface area contributed by atoms with E-state index in [1.165, 1.54) is 18.2 Å². The van der Waals surface area contributed by atoms with E-state index in [1.54, 1.807) is 27.7 Å². The molecule has 134 valence electrons. The van der Waals surface area contributed by atoms with Gasteiger partial charge >= 0.3 is 19.5 Å². The Labute approximate surface area is 141 Å². The van der Waals surface area contributed by atoms with Crippen LogP contribution in [0.25, 0.3) is 0 Å². The zero-order valence-electron chi connectivity index (χ0n) is 14.4. The van der Waals surface area contributed by atoms with Crippen LogP contribution in [0.5, 0.6) is 0 Å². The summed E-state index contributed by atoms with van der Waals surface area (Å²) < 4.78 is 33.4. The Morgan fingerprint density at radius 3 is 1.54 bits per heavy atom. The largest absolute Gasteiger partial charge is 0.462 e. The molecule has 0 saturated heterocycles. The van der Waals surface area contributed by atoms with Crippen LogP contribution in [0.1, 0.15) is 48.4 Å². The number of benzene rings is 1. The fourth-order valence-electron chi connectivity index (χ4n) is 1.96. The maximum Gasteiger partial charge on any atom is 0.361 e. The molecule has 24 heavy (non-hydrogen) atoms. The first-order chi connectivity index (χ1) is 11.4. The molecule has 0 bridgehead atoms. The third-order valence-corrected chi connectivity index (χ3v) is 4.94. The molecule has 7 nitrogen and oxygen atoms in total. The minimum atomic E-state index is -3.66. The molecular formula is C16H23O7P. The summed E-state index contributed by atoms with van der Waals surface area (Å²) in [6, 6.07) is 4.04. The van der Waals surface area contributed by atoms with Crippen LogP contribution in [0.2, 0.25) is 0 Å². The number of hydrogen-bond donors (Lipinski definition) is 0. The number of hydrogen-bond acceptors (Lipinski definition) is 7. The Hall–Kier alpha value is -1.69. The molecule has 0 radical (unpaired) electrons. The highest BCUT2D eigenvalue weighted by Gasteiger charge is 2.29. The average molecular weight is 358 g/mol. The van der Waals surface area contributed by atoms with Gasteiger partial charge in [0.2, 0.25) is 0 Å². The second kappa shape index (κ2) is 9.57. The lowest BCUT2D eigenvalue weighted by Crippen LogP contribution is -2.18. The van der Waals surface area contributed by atoms with E-state index in [9.17, 15) is 14.2 Å². The van der Waals surface area contributed by atoms with Gasteiger partial charge in [-0.3, -0.25) is 4.57 Å². The van der Waals surface area contributed by atoms with Crippen molar-refractivity contribution in [1.82, 2.24) is 0 Å². The molecule has 0 heterocycles. The van der Waals surface area contributed by atoms with Crippen molar-refractivity contribution in [3.63, 3.8) is 0 Å². The molecule has 0 fully saturated rings. The normalized spacial score (nSPS) is 11.2. The molecule has 1 aromatic carbocycles. The highest BCUT2D eigenvalue weighted by Crippen LogP contribution is 2.47. The van der Waals surface area contributed by atoms with Gasteiger partial charge in [0, 0.05) is 0 Å². The van der Waals surface area contributed by atoms with E-state index in [2.05, 4.69) is 0 Å². The lowest BCUT2D eigenvalue weighted by atomic mass is 10.1. The summed E-state index contributed by atoms with van der Waals surface area (Å²) in [5, 5.41) is 0.111. The zero-order valence-corrected chi connectivity index (χ0v) is 15.3. The number of rotatable bonds is 9. The lowest BCUT2D eigenvalue weighted by molar-refractivity contribution is 0.0525. The first-order valence-electron chi connectivity index (χ1n) is 7.80. The van der Waals surface area contributed by atoms with E-state index in [0.29, 0.717) is 0 Å². The highest BCUT2D eigenvalue weighted by atomic mass is 31.2. The molecule has 0 N–H and O–H groups in total. The maximum atomic E-state index is 12.9. The first kappa shape index (κ1) is 20.4. The molecule has 0 atom stereocenters. The van der Waals surface area contributed by atoms with E-state index in [-0.39, 0.29) is 42.9 Å². The number of carbonyl (C=O) groups excluding carboxylic acids is 2. The van der Waals surface area contributed by atoms with Crippen LogP contribution in [-0.2, 0) is 23.1 Å². The van der Waals surface area contributed by atoms with Crippen LogP contribution in [-0.4, -0.2) is 38.4 Å². The average Bonchev–Trinajstić information content (AvgIpc) is 2.55. The molecule has 0 aromatic heterocycles. The van der Waals surface area contributed by atoms with Gasteiger partial charge in [0.05, 0.1) is 42.9 Å². The van der Waals surface area contributed by atoms with Gasteiger partial charge < -0.3 is 18.5 Å². The topological polar surface area (TPSA) is 88.1 Å². The molecular weight excluding hydrogens is 335 g/mol. The second-order valence-electron chi connectivity index (χ2n) is 4.54. The molecule has 0 amide bonds. The van der Waals surface area contributed by atoms with Crippen molar-refractivity contribution in [1.29, 1.82) is 0 Å². The summed E-state index contributed by atoms with van der Waals surface area (Å²) in [6.45, 7) is 7.32. The Morgan fingerprint density at radius 1 is 0.792 bits per heavy atom. The highest BCUT2D eigenvalue weighted by molar-refractivity contribution is 7.62. The Kier molecular flexibility index (Phi) is 8.11. The van der Waals surface area contributed by atoms with Crippen LogP contribution in [0, 0.1) is 0 Å². The Morgan fingerprint density at radius 2 is 1.21 bits per heavy atom. The quantitative estimate of drug-likeness (QED) is 0.495. The number of ether oxygens (including phenoxy) is 2. The summed E-state index contributed by atoms with van der Waals surface area (Å²) >= 11 is 0. The summed E-state index contributed by atoms with van der Waals surface area (Å²) in [5.41, 5.74) is 0.161. The molecule has 1 rings (SSSR count). The number of esters is 2. The van der Waals surface area contributed by atoms with Gasteiger partial charge in [0.1, 0.15) is 0 Å². The van der Waals surface area contributed by atoms with Crippen LogP contribution in [0.4, 0.5) is 0 Å². The molecule has 0 aliphatic carbocycles. The van der Waals surface area contributed by atoms with E-state index in [4.69, 9.17) is 18.5 Å². The first-order valence-corrected chi connectivity index (χ1v) is 9.35. The standard InChI is InChI=1S/C16H23O7P/c1-5-20-15(17)12-9-13(16(18)21-6-2)11-14(10-12)24(19,22-7-3)23-8-4/h9-11H,5-8H2,1-4H3. The van der Waals surface area contributed by atoms with Gasteiger partial charge in [-0.1, -0.05) is 0 Å². The molecule has 1 aromatic rings. The Bertz CT molecular complexity index is 581. The zero-order chi connectivity index (χ0) is 18.2. The van der Waals surface area contributed by atoms with Crippen molar-refractivity contribution in [3.8, 4) is 0 Å². The smallest absolute Gasteiger partial charge is 0.361 e. The third-order valence-electron chi connectivity index (χ3n) is 2.85. The summed E-state index contributed by atoms with van der Waals surface area (Å²) in [7, 11) is -3.66. The summed E-state index contributed by atoms with van der Waals surface area (Å²) in [5.74, 6) is -1.27. The minimum absolute atomic E-state index is 0.0806. The molecule has 0 unspecified atom stereocenters. The van der Waals surface area contributed by atoms with Gasteiger partial charge in [-0.25, -0.2) is 9.59 Å². The van der Waals surface area contributed by atoms with E-state index < -0.39 is 19.5 Å². The fraction of sp³-hybridized carbons (Fsp3) is 0.500. The molecule has 0 aliphatic heterocycles. The third kappa shape index (κ3) is 5.16. The van der Waals surface area contributed by atoms with Gasteiger partial charge in [-0.2, -0.15) is 0 Å². The van der Waals surface area contributed by atoms with Crippen molar-refractivity contribution >= 4 is 24.8 Å². The van der Waals surface area contributed by atoms with Crippen molar-refractivity contribution in [3.05, 3.63) is 29.3 Å². The minimum Gasteiger partial charge on any atom is -0.462 e. The Balaban J connectivity index is 3.43. The maximum absolute atomic E-state index is 12.9. The van der Waals surface area contributed by atoms with Crippen LogP contribution < -0.4 is 5.30 Å². The van der Waals surface area contributed by atoms with E-state index in [1.807, 2.05) is 0 Å². The number of carbonyl (C=O) groups is 2. The van der Waals surface area contributed by atoms with Crippen molar-refractivity contribution < 1.29 is 32.7 Å². The molecule has 0 aliphatic rings. The van der Waals surface area contributed by atoms with Crippen molar-refractivity contribution in [2.45, 2.75) is 27.7 Å². The lowest BCUT2D eigenvalue weighted by Gasteiger charge is -2.18. The predicted molar refractivity (Wildman–Crippen MR) is 88.8 cm³/mol. The molecule has 8 heteroatoms. The van der Waals surface area contributed by atoms with E-state index >= 15 is 0 Å². The summed E-state index contributed by atoms with van der Waals surface area (Å²) in [6.07, 6.45) is 0. The molecule has 0 spiro atoms. The summed E-state index contributed by atoms with van der Waals surface area (Å²) in [4.78, 5) is 24.1. The second-order valence-corrected chi connectivity index (χ2v) is 6.57. The SMILES string of the molecule is CCOC(=O)c1cc(C(=O)OCC)cc(P(=O)(OCC)OCC)c1. The van der Waals surface area contributed by atoms with Crippen molar-refractivity contribution in [2.75, 3.05) is 26.4 Å². The van der Waals surface area contributed by atoms with Gasteiger partial charge in [0.15, 0.2) is 0 Å². The fourth-order valence-corrected chi connectivity index (χ4v) is 3.61. The van der Waals surface area contributed by atoms with Gasteiger partial charge in [0.25, 0.3) is 0 Å².